The van der Waals surface area contributed by atoms with Crippen LogP contribution in [0.2, 0.25) is 0 Å². The van der Waals surface area contributed by atoms with Gasteiger partial charge >= 0.3 is 12.5 Å². The largest absolute Gasteiger partial charge is 0.453 e. The predicted molar refractivity (Wildman–Crippen MR) is 110 cm³/mol. The van der Waals surface area contributed by atoms with Crippen molar-refractivity contribution in [3.8, 4) is 11.8 Å². The number of esters is 1. The third-order valence-electron chi connectivity index (χ3n) is 4.49. The normalized spacial score (nSPS) is 11.6. The molecule has 0 bridgehead atoms. The molecule has 0 aliphatic rings. The van der Waals surface area contributed by atoms with E-state index in [2.05, 4.69) is 20.9 Å². The topological polar surface area (TPSA) is 72.8 Å². The van der Waals surface area contributed by atoms with Crippen LogP contribution in [-0.4, -0.2) is 20.1 Å². The van der Waals surface area contributed by atoms with Crippen LogP contribution in [0.25, 0.3) is 11.8 Å². The Bertz CT molecular complexity index is 1140. The number of carbonyl (C=O) groups is 1. The number of ether oxygens (including phenoxy) is 1. The zero-order chi connectivity index (χ0) is 21.8. The third kappa shape index (κ3) is 4.49. The molecule has 0 radical (unpaired) electrons. The first-order valence-corrected chi connectivity index (χ1v) is 9.64. The Morgan fingerprint density at radius 3 is 2.67 bits per heavy atom. The summed E-state index contributed by atoms with van der Waals surface area (Å²) < 4.78 is 34.3. The van der Waals surface area contributed by atoms with Crippen molar-refractivity contribution >= 4 is 28.0 Å². The van der Waals surface area contributed by atoms with Crippen LogP contribution < -0.4 is 0 Å². The number of imidazole rings is 1. The van der Waals surface area contributed by atoms with Crippen molar-refractivity contribution in [2.75, 3.05) is 0 Å². The Balaban J connectivity index is 1.83. The molecule has 0 saturated carbocycles. The maximum Gasteiger partial charge on any atom is 0.349 e. The average molecular weight is 475 g/mol. The van der Waals surface area contributed by atoms with Crippen molar-refractivity contribution in [1.29, 1.82) is 5.26 Å². The monoisotopic (exact) mass is 474 g/mol. The number of hydrogen-bond acceptors (Lipinski definition) is 4. The van der Waals surface area contributed by atoms with Crippen LogP contribution >= 0.6 is 15.9 Å². The van der Waals surface area contributed by atoms with E-state index >= 15 is 0 Å². The Hall–Kier alpha value is -3.25. The Morgan fingerprint density at radius 2 is 2.03 bits per heavy atom. The van der Waals surface area contributed by atoms with E-state index in [4.69, 9.17) is 4.74 Å². The second-order valence-corrected chi connectivity index (χ2v) is 7.33. The van der Waals surface area contributed by atoms with Gasteiger partial charge in [0.2, 0.25) is 0 Å². The molecule has 0 atom stereocenters. The number of halogens is 3. The SMILES string of the molecule is Cc1cc(/C=C(\C#N)C(=O)OCc2nccn2C(F)F)c(C)n1-c1ccc(Br)cc1. The van der Waals surface area contributed by atoms with Gasteiger partial charge in [-0.3, -0.25) is 4.57 Å². The first kappa shape index (κ1) is 21.5. The van der Waals surface area contributed by atoms with Gasteiger partial charge in [0.05, 0.1) is 0 Å². The van der Waals surface area contributed by atoms with E-state index in [0.29, 0.717) is 10.1 Å². The molecule has 154 valence electrons. The van der Waals surface area contributed by atoms with Crippen molar-refractivity contribution < 1.29 is 18.3 Å². The van der Waals surface area contributed by atoms with Crippen molar-refractivity contribution in [3.63, 3.8) is 0 Å². The van der Waals surface area contributed by atoms with Crippen molar-refractivity contribution in [3.05, 3.63) is 75.5 Å². The molecular formula is C21H17BrF2N4O2. The highest BCUT2D eigenvalue weighted by Crippen LogP contribution is 2.24. The van der Waals surface area contributed by atoms with E-state index in [9.17, 15) is 18.8 Å². The lowest BCUT2D eigenvalue weighted by Crippen LogP contribution is -2.11. The molecule has 0 fully saturated rings. The Labute approximate surface area is 180 Å². The van der Waals surface area contributed by atoms with Crippen LogP contribution in [0.15, 0.2) is 52.8 Å². The molecule has 2 heterocycles. The van der Waals surface area contributed by atoms with Gasteiger partial charge in [-0.15, -0.1) is 0 Å². The van der Waals surface area contributed by atoms with Gasteiger partial charge in [-0.1, -0.05) is 15.9 Å². The number of alkyl halides is 2. The molecular weight excluding hydrogens is 458 g/mol. The fourth-order valence-electron chi connectivity index (χ4n) is 3.05. The van der Waals surface area contributed by atoms with Crippen LogP contribution in [0.3, 0.4) is 0 Å². The van der Waals surface area contributed by atoms with Crippen LogP contribution in [-0.2, 0) is 16.1 Å². The molecule has 0 N–H and O–H groups in total. The lowest BCUT2D eigenvalue weighted by atomic mass is 10.1. The minimum atomic E-state index is -2.80. The summed E-state index contributed by atoms with van der Waals surface area (Å²) in [4.78, 5) is 16.1. The lowest BCUT2D eigenvalue weighted by Gasteiger charge is -2.10. The maximum absolute atomic E-state index is 12.9. The van der Waals surface area contributed by atoms with Gasteiger partial charge in [-0.25, -0.2) is 9.78 Å². The molecule has 0 aliphatic heterocycles. The summed E-state index contributed by atoms with van der Waals surface area (Å²) in [6, 6.07) is 11.4. The van der Waals surface area contributed by atoms with Crippen molar-refractivity contribution in [2.45, 2.75) is 27.0 Å². The smallest absolute Gasteiger partial charge is 0.349 e. The fraction of sp³-hybridized carbons (Fsp3) is 0.190. The van der Waals surface area contributed by atoms with E-state index in [1.54, 1.807) is 0 Å². The number of benzene rings is 1. The molecule has 3 rings (SSSR count). The number of hydrogen-bond donors (Lipinski definition) is 0. The molecule has 30 heavy (non-hydrogen) atoms. The number of rotatable bonds is 6. The number of aromatic nitrogens is 3. The highest BCUT2D eigenvalue weighted by atomic mass is 79.9. The Kier molecular flexibility index (Phi) is 6.47. The highest BCUT2D eigenvalue weighted by Gasteiger charge is 2.17. The molecule has 2 aromatic heterocycles. The van der Waals surface area contributed by atoms with Gasteiger partial charge in [0.15, 0.2) is 5.82 Å². The molecule has 0 spiro atoms. The fourth-order valence-corrected chi connectivity index (χ4v) is 3.32. The lowest BCUT2D eigenvalue weighted by molar-refractivity contribution is -0.140. The number of carbonyl (C=O) groups excluding carboxylic acids is 1. The second kappa shape index (κ2) is 9.05. The first-order valence-electron chi connectivity index (χ1n) is 8.85. The van der Waals surface area contributed by atoms with Crippen molar-refractivity contribution in [2.24, 2.45) is 0 Å². The highest BCUT2D eigenvalue weighted by molar-refractivity contribution is 9.10. The number of nitrogens with zero attached hydrogens (tertiary/aromatic N) is 4. The van der Waals surface area contributed by atoms with E-state index in [1.165, 1.54) is 12.3 Å². The van der Waals surface area contributed by atoms with Crippen LogP contribution in [0, 0.1) is 25.2 Å². The van der Waals surface area contributed by atoms with E-state index < -0.39 is 19.1 Å². The molecule has 0 amide bonds. The van der Waals surface area contributed by atoms with Gasteiger partial charge in [0.25, 0.3) is 0 Å². The van der Waals surface area contributed by atoms with E-state index in [-0.39, 0.29) is 11.4 Å². The Morgan fingerprint density at radius 1 is 1.33 bits per heavy atom. The van der Waals surface area contributed by atoms with E-state index in [0.717, 1.165) is 27.7 Å². The van der Waals surface area contributed by atoms with Crippen LogP contribution in [0.5, 0.6) is 0 Å². The summed E-state index contributed by atoms with van der Waals surface area (Å²) in [7, 11) is 0. The summed E-state index contributed by atoms with van der Waals surface area (Å²) in [5.41, 5.74) is 3.14. The summed E-state index contributed by atoms with van der Waals surface area (Å²) in [5.74, 6) is -1.01. The molecule has 6 nitrogen and oxygen atoms in total. The zero-order valence-corrected chi connectivity index (χ0v) is 17.7. The van der Waals surface area contributed by atoms with Crippen LogP contribution in [0.4, 0.5) is 8.78 Å². The molecule has 1 aromatic carbocycles. The van der Waals surface area contributed by atoms with Crippen molar-refractivity contribution in [1.82, 2.24) is 14.1 Å². The summed E-state index contributed by atoms with van der Waals surface area (Å²) in [5, 5.41) is 9.40. The summed E-state index contributed by atoms with van der Waals surface area (Å²) in [6.45, 7) is 0.533. The third-order valence-corrected chi connectivity index (χ3v) is 5.02. The van der Waals surface area contributed by atoms with Gasteiger partial charge in [-0.2, -0.15) is 14.0 Å². The quantitative estimate of drug-likeness (QED) is 0.283. The molecule has 9 heteroatoms. The predicted octanol–water partition coefficient (Wildman–Crippen LogP) is 5.10. The molecule has 3 aromatic rings. The zero-order valence-electron chi connectivity index (χ0n) is 16.1. The van der Waals surface area contributed by atoms with Gasteiger partial charge < -0.3 is 9.30 Å². The molecule has 0 saturated heterocycles. The standard InChI is InChI=1S/C21H17BrF2N4O2/c1-13-9-15(14(2)28(13)18-5-3-17(22)4-6-18)10-16(11-25)20(29)30-12-19-26-7-8-27(19)21(23)24/h3-10,21H,12H2,1-2H3/b16-10+. The first-order chi connectivity index (χ1) is 14.3. The average Bonchev–Trinajstić information content (AvgIpc) is 3.29. The van der Waals surface area contributed by atoms with Gasteiger partial charge in [0.1, 0.15) is 18.2 Å². The maximum atomic E-state index is 12.9. The van der Waals surface area contributed by atoms with Gasteiger partial charge in [0, 0.05) is 33.9 Å². The van der Waals surface area contributed by atoms with Gasteiger partial charge in [-0.05, 0) is 55.8 Å². The van der Waals surface area contributed by atoms with Crippen LogP contribution in [0.1, 0.15) is 29.3 Å². The summed E-state index contributed by atoms with van der Waals surface area (Å²) in [6.07, 6.45) is 3.71. The number of nitriles is 1. The minimum absolute atomic E-state index is 0.107. The van der Waals surface area contributed by atoms with E-state index in [1.807, 2.05) is 54.8 Å². The molecule has 0 unspecified atom stereocenters. The second-order valence-electron chi connectivity index (χ2n) is 6.41. The summed E-state index contributed by atoms with van der Waals surface area (Å²) >= 11 is 3.41. The number of aryl methyl sites for hydroxylation is 1. The minimum Gasteiger partial charge on any atom is -0.453 e. The molecule has 0 aliphatic carbocycles.